The third kappa shape index (κ3) is 3.53. The lowest BCUT2D eigenvalue weighted by atomic mass is 10.1. The normalized spacial score (nSPS) is 13.7. The number of nitrogens with zero attached hydrogens (tertiary/aromatic N) is 2. The van der Waals surface area contributed by atoms with Gasteiger partial charge < -0.3 is 0 Å². The molecule has 0 aliphatic rings. The van der Waals surface area contributed by atoms with Crippen molar-refractivity contribution in [2.75, 3.05) is 0 Å². The van der Waals surface area contributed by atoms with Crippen LogP contribution in [0.2, 0.25) is 0 Å². The van der Waals surface area contributed by atoms with Crippen molar-refractivity contribution < 1.29 is 8.42 Å². The van der Waals surface area contributed by atoms with E-state index in [2.05, 4.69) is 20.4 Å². The number of hydrogen-bond acceptors (Lipinski definition) is 5. The molecule has 1 aromatic carbocycles. The lowest BCUT2D eigenvalue weighted by Crippen LogP contribution is -2.32. The fraction of sp³-hybridized carbons (Fsp3) is 0.538. The zero-order chi connectivity index (χ0) is 14.6. The Morgan fingerprint density at radius 1 is 1.30 bits per heavy atom. The number of rotatable bonds is 7. The third-order valence-electron chi connectivity index (χ3n) is 3.14. The molecule has 1 N–H and O–H groups in total. The molecule has 0 saturated carbocycles. The highest BCUT2D eigenvalue weighted by Crippen LogP contribution is 2.21. The average Bonchev–Trinajstić information content (AvgIpc) is 2.86. The number of nitrogens with one attached hydrogen (secondary N) is 1. The van der Waals surface area contributed by atoms with Crippen molar-refractivity contribution >= 4 is 32.8 Å². The fourth-order valence-electron chi connectivity index (χ4n) is 2.09. The first-order valence-corrected chi connectivity index (χ1v) is 8.99. The zero-order valence-corrected chi connectivity index (χ0v) is 13.3. The Hall–Kier alpha value is -1.05. The number of fused-ring (bicyclic) bond motifs is 1. The number of unbranched alkanes of at least 4 members (excludes halogenated alkanes) is 2. The predicted molar refractivity (Wildman–Crippen MR) is 81.3 cm³/mol. The molecule has 1 unspecified atom stereocenters. The second-order valence-electron chi connectivity index (χ2n) is 4.91. The van der Waals surface area contributed by atoms with Crippen LogP contribution in [-0.2, 0) is 10.0 Å². The van der Waals surface area contributed by atoms with Gasteiger partial charge >= 0.3 is 0 Å². The maximum atomic E-state index is 12.4. The van der Waals surface area contributed by atoms with E-state index < -0.39 is 10.0 Å². The Morgan fingerprint density at radius 2 is 2.10 bits per heavy atom. The van der Waals surface area contributed by atoms with Gasteiger partial charge in [-0.05, 0) is 25.5 Å². The summed E-state index contributed by atoms with van der Waals surface area (Å²) in [4.78, 5) is 0.214. The van der Waals surface area contributed by atoms with Crippen LogP contribution in [0.1, 0.15) is 39.5 Å². The van der Waals surface area contributed by atoms with Gasteiger partial charge in [-0.1, -0.05) is 32.3 Å². The largest absolute Gasteiger partial charge is 0.243 e. The first-order valence-electron chi connectivity index (χ1n) is 6.78. The van der Waals surface area contributed by atoms with Crippen LogP contribution < -0.4 is 4.72 Å². The van der Waals surface area contributed by atoms with Crippen molar-refractivity contribution in [1.82, 2.24) is 13.5 Å². The van der Waals surface area contributed by atoms with Crippen molar-refractivity contribution in [3.05, 3.63) is 18.2 Å². The first-order chi connectivity index (χ1) is 9.54. The highest BCUT2D eigenvalue weighted by atomic mass is 32.2. The molecule has 2 rings (SSSR count). The van der Waals surface area contributed by atoms with Gasteiger partial charge in [-0.25, -0.2) is 13.1 Å². The van der Waals surface area contributed by atoms with Gasteiger partial charge in [0.15, 0.2) is 0 Å². The Bertz CT molecular complexity index is 667. The Kier molecular flexibility index (Phi) is 5.06. The summed E-state index contributed by atoms with van der Waals surface area (Å²) < 4.78 is 35.7. The van der Waals surface area contributed by atoms with Gasteiger partial charge in [0.2, 0.25) is 10.0 Å². The molecular formula is C13H19N3O2S2. The number of aromatic nitrogens is 2. The van der Waals surface area contributed by atoms with Crippen LogP contribution in [0.5, 0.6) is 0 Å². The lowest BCUT2D eigenvalue weighted by Gasteiger charge is -2.14. The van der Waals surface area contributed by atoms with E-state index in [1.165, 1.54) is 0 Å². The number of hydrogen-bond donors (Lipinski definition) is 1. The average molecular weight is 313 g/mol. The fourth-order valence-corrected chi connectivity index (χ4v) is 4.13. The summed E-state index contributed by atoms with van der Waals surface area (Å²) in [5.41, 5.74) is 1.07. The molecule has 2 aromatic rings. The summed E-state index contributed by atoms with van der Waals surface area (Å²) in [6, 6.07) is 4.96. The molecule has 20 heavy (non-hydrogen) atoms. The minimum absolute atomic E-state index is 0.0756. The van der Waals surface area contributed by atoms with E-state index in [0.717, 1.165) is 37.4 Å². The Balaban J connectivity index is 2.16. The maximum absolute atomic E-state index is 12.4. The van der Waals surface area contributed by atoms with Crippen molar-refractivity contribution in [2.45, 2.75) is 50.5 Å². The standard InChI is InChI=1S/C13H19N3O2S2/c1-3-4-5-7-10(2)16-20(17,18)12-9-6-8-11-13(12)15-19-14-11/h6,8-10,16H,3-5,7H2,1-2H3. The zero-order valence-electron chi connectivity index (χ0n) is 11.7. The maximum Gasteiger partial charge on any atom is 0.243 e. The summed E-state index contributed by atoms with van der Waals surface area (Å²) in [7, 11) is -3.54. The SMILES string of the molecule is CCCCCC(C)NS(=O)(=O)c1cccc2nsnc12. The van der Waals surface area contributed by atoms with Crippen LogP contribution in [0.15, 0.2) is 23.1 Å². The molecule has 0 radical (unpaired) electrons. The van der Waals surface area contributed by atoms with E-state index in [-0.39, 0.29) is 10.9 Å². The van der Waals surface area contributed by atoms with Gasteiger partial charge in [0.1, 0.15) is 15.9 Å². The van der Waals surface area contributed by atoms with Crippen molar-refractivity contribution in [2.24, 2.45) is 0 Å². The van der Waals surface area contributed by atoms with Gasteiger partial charge in [0, 0.05) is 6.04 Å². The molecule has 0 amide bonds. The quantitative estimate of drug-likeness (QED) is 0.798. The van der Waals surface area contributed by atoms with Crippen molar-refractivity contribution in [1.29, 1.82) is 0 Å². The molecule has 1 heterocycles. The van der Waals surface area contributed by atoms with Gasteiger partial charge in [-0.15, -0.1) is 0 Å². The highest BCUT2D eigenvalue weighted by molar-refractivity contribution is 7.89. The van der Waals surface area contributed by atoms with Gasteiger partial charge in [-0.3, -0.25) is 0 Å². The minimum Gasteiger partial charge on any atom is -0.208 e. The van der Waals surface area contributed by atoms with E-state index in [1.807, 2.05) is 6.92 Å². The number of benzene rings is 1. The number of sulfonamides is 1. The van der Waals surface area contributed by atoms with Crippen LogP contribution in [0.3, 0.4) is 0 Å². The molecule has 5 nitrogen and oxygen atoms in total. The monoisotopic (exact) mass is 313 g/mol. The highest BCUT2D eigenvalue weighted by Gasteiger charge is 2.21. The molecule has 110 valence electrons. The summed E-state index contributed by atoms with van der Waals surface area (Å²) in [5.74, 6) is 0. The molecule has 0 aliphatic carbocycles. The second-order valence-corrected chi connectivity index (χ2v) is 7.12. The van der Waals surface area contributed by atoms with Gasteiger partial charge in [-0.2, -0.15) is 8.75 Å². The molecule has 0 fully saturated rings. The molecule has 1 aromatic heterocycles. The van der Waals surface area contributed by atoms with E-state index >= 15 is 0 Å². The topological polar surface area (TPSA) is 72.0 Å². The molecule has 0 aliphatic heterocycles. The smallest absolute Gasteiger partial charge is 0.208 e. The summed E-state index contributed by atoms with van der Waals surface area (Å²) >= 11 is 1.03. The molecule has 0 saturated heterocycles. The molecule has 0 spiro atoms. The van der Waals surface area contributed by atoms with E-state index in [0.29, 0.717) is 11.0 Å². The predicted octanol–water partition coefficient (Wildman–Crippen LogP) is 2.94. The summed E-state index contributed by atoms with van der Waals surface area (Å²) in [6.45, 7) is 4.03. The summed E-state index contributed by atoms with van der Waals surface area (Å²) in [5, 5.41) is 0. The van der Waals surface area contributed by atoms with Crippen LogP contribution in [-0.4, -0.2) is 23.2 Å². The Morgan fingerprint density at radius 3 is 2.85 bits per heavy atom. The third-order valence-corrected chi connectivity index (χ3v) is 5.30. The van der Waals surface area contributed by atoms with Gasteiger partial charge in [0.25, 0.3) is 0 Å². The lowest BCUT2D eigenvalue weighted by molar-refractivity contribution is 0.527. The van der Waals surface area contributed by atoms with Crippen molar-refractivity contribution in [3.8, 4) is 0 Å². The molecule has 0 bridgehead atoms. The molecular weight excluding hydrogens is 294 g/mol. The molecule has 7 heteroatoms. The van der Waals surface area contributed by atoms with Crippen LogP contribution in [0.25, 0.3) is 11.0 Å². The van der Waals surface area contributed by atoms with Crippen LogP contribution in [0.4, 0.5) is 0 Å². The van der Waals surface area contributed by atoms with Crippen LogP contribution >= 0.6 is 11.7 Å². The van der Waals surface area contributed by atoms with E-state index in [4.69, 9.17) is 0 Å². The van der Waals surface area contributed by atoms with E-state index in [9.17, 15) is 8.42 Å². The molecule has 1 atom stereocenters. The minimum atomic E-state index is -3.54. The first kappa shape index (κ1) is 15.3. The summed E-state index contributed by atoms with van der Waals surface area (Å²) in [6.07, 6.45) is 4.13. The van der Waals surface area contributed by atoms with Gasteiger partial charge in [0.05, 0.1) is 11.7 Å². The Labute approximate surface area is 123 Å². The van der Waals surface area contributed by atoms with E-state index in [1.54, 1.807) is 18.2 Å². The van der Waals surface area contributed by atoms with Crippen LogP contribution in [0, 0.1) is 0 Å². The second kappa shape index (κ2) is 6.60. The van der Waals surface area contributed by atoms with Crippen molar-refractivity contribution in [3.63, 3.8) is 0 Å².